The van der Waals surface area contributed by atoms with E-state index in [1.165, 1.54) is 0 Å². The third-order valence-corrected chi connectivity index (χ3v) is 2.54. The molecule has 0 aliphatic carbocycles. The monoisotopic (exact) mass is 183 g/mol. The number of hydrogen-bond donors (Lipinski definition) is 2. The summed E-state index contributed by atoms with van der Waals surface area (Å²) < 4.78 is 28.3. The summed E-state index contributed by atoms with van der Waals surface area (Å²) in [6, 6.07) is 0. The Morgan fingerprint density at radius 2 is 2.10 bits per heavy atom. The molecule has 10 heavy (non-hydrogen) atoms. The van der Waals surface area contributed by atoms with Crippen LogP contribution >= 0.6 is 10.8 Å². The highest BCUT2D eigenvalue weighted by molar-refractivity contribution is 8.70. The van der Waals surface area contributed by atoms with Crippen LogP contribution in [0, 0.1) is 0 Å². The van der Waals surface area contributed by atoms with Crippen LogP contribution in [0.25, 0.3) is 0 Å². The van der Waals surface area contributed by atoms with Crippen LogP contribution in [0.1, 0.15) is 0 Å². The normalized spacial score (nSPS) is 12.6. The van der Waals surface area contributed by atoms with Crippen LogP contribution in [0.5, 0.6) is 0 Å². The largest absolute Gasteiger partial charge is 0.327 e. The molecule has 0 aromatic heterocycles. The van der Waals surface area contributed by atoms with Crippen LogP contribution in [0.15, 0.2) is 12.2 Å². The van der Waals surface area contributed by atoms with Gasteiger partial charge in [0, 0.05) is 23.1 Å². The molecule has 0 heterocycles. The van der Waals surface area contributed by atoms with E-state index in [4.69, 9.17) is 10.3 Å². The lowest BCUT2D eigenvalue weighted by Gasteiger charge is -1.88. The summed E-state index contributed by atoms with van der Waals surface area (Å²) in [5.41, 5.74) is 5.07. The van der Waals surface area contributed by atoms with Crippen molar-refractivity contribution in [1.29, 1.82) is 0 Å². The van der Waals surface area contributed by atoms with Crippen molar-refractivity contribution in [3.63, 3.8) is 0 Å². The third-order valence-electron chi connectivity index (χ3n) is 0.616. The van der Waals surface area contributed by atoms with Crippen molar-refractivity contribution in [1.82, 2.24) is 0 Å². The van der Waals surface area contributed by atoms with Gasteiger partial charge in [0.05, 0.1) is 0 Å². The Morgan fingerprint density at radius 1 is 1.50 bits per heavy atom. The van der Waals surface area contributed by atoms with Crippen LogP contribution in [0.3, 0.4) is 0 Å². The molecular weight excluding hydrogens is 174 g/mol. The van der Waals surface area contributed by atoms with Crippen LogP contribution in [-0.2, 0) is 9.15 Å². The molecule has 0 fully saturated rings. The van der Waals surface area contributed by atoms with Gasteiger partial charge in [0.15, 0.2) is 0 Å². The van der Waals surface area contributed by atoms with E-state index in [0.29, 0.717) is 17.3 Å². The molecule has 0 aromatic carbocycles. The molecule has 0 unspecified atom stereocenters. The lowest BCUT2D eigenvalue weighted by molar-refractivity contribution is 0.503. The second kappa shape index (κ2) is 4.73. The fourth-order valence-electron chi connectivity index (χ4n) is 0.290. The van der Waals surface area contributed by atoms with E-state index in [1.54, 1.807) is 12.2 Å². The molecule has 3 N–H and O–H groups in total. The molecule has 0 saturated heterocycles. The summed E-state index contributed by atoms with van der Waals surface area (Å²) in [5.74, 6) is 0.232. The number of hydrogen-bond acceptors (Lipinski definition) is 4. The SMILES string of the molecule is NC/C=C/CSS(=O)(=O)O. The molecule has 0 rings (SSSR count). The van der Waals surface area contributed by atoms with E-state index in [0.717, 1.165) is 0 Å². The summed E-state index contributed by atoms with van der Waals surface area (Å²) in [4.78, 5) is 0. The summed E-state index contributed by atoms with van der Waals surface area (Å²) in [6.45, 7) is 0.381. The zero-order valence-corrected chi connectivity index (χ0v) is 6.86. The van der Waals surface area contributed by atoms with Gasteiger partial charge in [-0.25, -0.2) is 0 Å². The van der Waals surface area contributed by atoms with Crippen molar-refractivity contribution in [3.05, 3.63) is 12.2 Å². The molecule has 0 saturated carbocycles. The smallest absolute Gasteiger partial charge is 0.320 e. The van der Waals surface area contributed by atoms with E-state index in [1.807, 2.05) is 0 Å². The highest BCUT2D eigenvalue weighted by Gasteiger charge is 2.00. The van der Waals surface area contributed by atoms with Gasteiger partial charge in [0.2, 0.25) is 0 Å². The quantitative estimate of drug-likeness (QED) is 0.365. The standard InChI is InChI=1S/C4H9NO3S2/c5-3-1-2-4-9-10(6,7)8/h1-2H,3-5H2,(H,6,7,8)/b2-1+. The van der Waals surface area contributed by atoms with Gasteiger partial charge in [-0.3, -0.25) is 4.55 Å². The second-order valence-corrected chi connectivity index (χ2v) is 4.81. The Bertz CT molecular complexity index is 197. The van der Waals surface area contributed by atoms with Gasteiger partial charge < -0.3 is 5.73 Å². The maximum atomic E-state index is 10.0. The Morgan fingerprint density at radius 3 is 2.50 bits per heavy atom. The van der Waals surface area contributed by atoms with Crippen LogP contribution in [0.2, 0.25) is 0 Å². The minimum Gasteiger partial charge on any atom is -0.327 e. The first kappa shape index (κ1) is 9.96. The van der Waals surface area contributed by atoms with E-state index < -0.39 is 9.15 Å². The lowest BCUT2D eigenvalue weighted by atomic mass is 10.5. The maximum absolute atomic E-state index is 10.0. The van der Waals surface area contributed by atoms with E-state index in [9.17, 15) is 8.42 Å². The maximum Gasteiger partial charge on any atom is 0.320 e. The van der Waals surface area contributed by atoms with Gasteiger partial charge in [-0.05, 0) is 0 Å². The van der Waals surface area contributed by atoms with Crippen molar-refractivity contribution in [3.8, 4) is 0 Å². The van der Waals surface area contributed by atoms with Crippen molar-refractivity contribution in [2.24, 2.45) is 5.73 Å². The molecule has 0 aliphatic heterocycles. The van der Waals surface area contributed by atoms with Crippen molar-refractivity contribution >= 4 is 19.9 Å². The molecule has 0 amide bonds. The molecule has 60 valence electrons. The first-order valence-electron chi connectivity index (χ1n) is 2.53. The fourth-order valence-corrected chi connectivity index (χ4v) is 1.43. The van der Waals surface area contributed by atoms with Crippen LogP contribution in [-0.4, -0.2) is 25.3 Å². The minimum absolute atomic E-state index is 0.232. The zero-order chi connectivity index (χ0) is 8.04. The minimum atomic E-state index is -3.88. The summed E-state index contributed by atoms with van der Waals surface area (Å²) in [5, 5.41) is 0. The first-order chi connectivity index (χ1) is 4.56. The molecule has 0 atom stereocenters. The summed E-state index contributed by atoms with van der Waals surface area (Å²) in [7, 11) is -3.42. The average Bonchev–Trinajstić information content (AvgIpc) is 1.78. The highest BCUT2D eigenvalue weighted by Crippen LogP contribution is 2.07. The topological polar surface area (TPSA) is 80.4 Å². The second-order valence-electron chi connectivity index (χ2n) is 1.42. The highest BCUT2D eigenvalue weighted by atomic mass is 33.1. The van der Waals surface area contributed by atoms with Gasteiger partial charge in [-0.2, -0.15) is 8.42 Å². The Kier molecular flexibility index (Phi) is 4.71. The van der Waals surface area contributed by atoms with E-state index in [-0.39, 0.29) is 5.75 Å². The number of nitrogens with two attached hydrogens (primary N) is 1. The zero-order valence-electron chi connectivity index (χ0n) is 5.23. The average molecular weight is 183 g/mol. The molecule has 0 radical (unpaired) electrons. The number of rotatable bonds is 4. The molecule has 0 bridgehead atoms. The van der Waals surface area contributed by atoms with Gasteiger partial charge in [0.1, 0.15) is 0 Å². The molecule has 4 nitrogen and oxygen atoms in total. The first-order valence-corrected chi connectivity index (χ1v) is 5.47. The van der Waals surface area contributed by atoms with Gasteiger partial charge in [-0.1, -0.05) is 12.2 Å². The summed E-state index contributed by atoms with van der Waals surface area (Å²) >= 11 is 0. The van der Waals surface area contributed by atoms with Crippen molar-refractivity contribution in [2.75, 3.05) is 12.3 Å². The van der Waals surface area contributed by atoms with E-state index in [2.05, 4.69) is 0 Å². The predicted molar refractivity (Wildman–Crippen MR) is 42.2 cm³/mol. The predicted octanol–water partition coefficient (Wildman–Crippen LogP) is 0.0373. The molecule has 0 aromatic rings. The van der Waals surface area contributed by atoms with Crippen LogP contribution < -0.4 is 5.73 Å². The Labute approximate surface area is 63.6 Å². The third kappa shape index (κ3) is 7.96. The fraction of sp³-hybridized carbons (Fsp3) is 0.500. The Balaban J connectivity index is 3.48. The molecule has 0 spiro atoms. The van der Waals surface area contributed by atoms with Crippen LogP contribution in [0.4, 0.5) is 0 Å². The lowest BCUT2D eigenvalue weighted by Crippen LogP contribution is -1.94. The van der Waals surface area contributed by atoms with Gasteiger partial charge >= 0.3 is 9.15 Å². The van der Waals surface area contributed by atoms with Crippen molar-refractivity contribution in [2.45, 2.75) is 0 Å². The van der Waals surface area contributed by atoms with Gasteiger partial charge in [-0.15, -0.1) is 0 Å². The Hall–Kier alpha value is -0.0400. The van der Waals surface area contributed by atoms with Crippen molar-refractivity contribution < 1.29 is 13.0 Å². The molecule has 6 heteroatoms. The summed E-state index contributed by atoms with van der Waals surface area (Å²) in [6.07, 6.45) is 3.20. The molecular formula is C4H9NO3S2. The molecule has 0 aliphatic rings. The van der Waals surface area contributed by atoms with Gasteiger partial charge in [0.25, 0.3) is 0 Å². The van der Waals surface area contributed by atoms with E-state index >= 15 is 0 Å².